The van der Waals surface area contributed by atoms with Gasteiger partial charge in [-0.25, -0.2) is 0 Å². The van der Waals surface area contributed by atoms with Crippen LogP contribution in [-0.4, -0.2) is 6.10 Å². The summed E-state index contributed by atoms with van der Waals surface area (Å²) < 4.78 is 5.35. The molecule has 0 radical (unpaired) electrons. The fraction of sp³-hybridized carbons (Fsp3) is 0.375. The molecule has 0 atom stereocenters. The summed E-state index contributed by atoms with van der Waals surface area (Å²) in [4.78, 5) is 0. The van der Waals surface area contributed by atoms with Crippen LogP contribution < -0.4 is 4.74 Å². The van der Waals surface area contributed by atoms with Gasteiger partial charge in [-0.1, -0.05) is 0 Å². The van der Waals surface area contributed by atoms with Crippen LogP contribution in [0.1, 0.15) is 13.8 Å². The molecule has 1 aromatic carbocycles. The zero-order chi connectivity index (χ0) is 6.69. The third-order valence-electron chi connectivity index (χ3n) is 1.00. The standard InChI is InChI=1S/C8H11O/c1-7(2)9-8-5-3-4-6-8/h3-7H,1-2H3/q-1. The first-order chi connectivity index (χ1) is 4.29. The van der Waals surface area contributed by atoms with Gasteiger partial charge in [0.05, 0.1) is 6.10 Å². The first-order valence-corrected chi connectivity index (χ1v) is 3.17. The van der Waals surface area contributed by atoms with Gasteiger partial charge in [-0.2, -0.15) is 18.2 Å². The molecule has 1 rings (SSSR count). The summed E-state index contributed by atoms with van der Waals surface area (Å²) in [5.41, 5.74) is 0. The molecule has 1 nitrogen and oxygen atoms in total. The molecule has 1 aromatic rings. The zero-order valence-electron chi connectivity index (χ0n) is 5.79. The van der Waals surface area contributed by atoms with Crippen molar-refractivity contribution < 1.29 is 4.74 Å². The monoisotopic (exact) mass is 123 g/mol. The minimum absolute atomic E-state index is 0.285. The van der Waals surface area contributed by atoms with Crippen LogP contribution in [0.15, 0.2) is 24.3 Å². The van der Waals surface area contributed by atoms with E-state index < -0.39 is 0 Å². The van der Waals surface area contributed by atoms with Gasteiger partial charge in [0.2, 0.25) is 0 Å². The summed E-state index contributed by atoms with van der Waals surface area (Å²) in [7, 11) is 0. The second-order valence-electron chi connectivity index (χ2n) is 2.29. The van der Waals surface area contributed by atoms with Crippen LogP contribution in [-0.2, 0) is 0 Å². The molecular weight excluding hydrogens is 112 g/mol. The van der Waals surface area contributed by atoms with Crippen molar-refractivity contribution in [2.45, 2.75) is 20.0 Å². The number of hydrogen-bond donors (Lipinski definition) is 0. The highest BCUT2D eigenvalue weighted by atomic mass is 16.5. The van der Waals surface area contributed by atoms with Gasteiger partial charge in [0.15, 0.2) is 0 Å². The highest BCUT2D eigenvalue weighted by molar-refractivity contribution is 5.22. The summed E-state index contributed by atoms with van der Waals surface area (Å²) in [6, 6.07) is 7.86. The minimum Gasteiger partial charge on any atom is -0.560 e. The molecule has 0 fully saturated rings. The van der Waals surface area contributed by atoms with Crippen molar-refractivity contribution in [3.63, 3.8) is 0 Å². The Morgan fingerprint density at radius 1 is 1.56 bits per heavy atom. The lowest BCUT2D eigenvalue weighted by atomic mass is 10.5. The van der Waals surface area contributed by atoms with Crippen LogP contribution in [0.5, 0.6) is 5.75 Å². The van der Waals surface area contributed by atoms with Crippen molar-refractivity contribution in [2.24, 2.45) is 0 Å². The Labute approximate surface area is 55.6 Å². The molecule has 1 heteroatoms. The summed E-state index contributed by atoms with van der Waals surface area (Å²) in [6.07, 6.45) is 0.285. The number of ether oxygens (including phenoxy) is 1. The van der Waals surface area contributed by atoms with E-state index in [1.165, 1.54) is 0 Å². The molecule has 0 saturated carbocycles. The predicted octanol–water partition coefficient (Wildman–Crippen LogP) is 2.19. The van der Waals surface area contributed by atoms with E-state index in [1.807, 2.05) is 38.1 Å². The largest absolute Gasteiger partial charge is 0.560 e. The fourth-order valence-corrected chi connectivity index (χ4v) is 0.707. The van der Waals surface area contributed by atoms with Crippen molar-refractivity contribution in [1.29, 1.82) is 0 Å². The Morgan fingerprint density at radius 2 is 2.33 bits per heavy atom. The summed E-state index contributed by atoms with van der Waals surface area (Å²) >= 11 is 0. The van der Waals surface area contributed by atoms with E-state index in [0.29, 0.717) is 0 Å². The number of hydrogen-bond acceptors (Lipinski definition) is 1. The minimum atomic E-state index is 0.285. The van der Waals surface area contributed by atoms with Crippen LogP contribution in [0.25, 0.3) is 0 Å². The van der Waals surface area contributed by atoms with Gasteiger partial charge in [-0.15, -0.1) is 6.07 Å². The molecule has 0 aliphatic rings. The molecule has 0 spiro atoms. The lowest BCUT2D eigenvalue weighted by molar-refractivity contribution is 0.243. The predicted molar refractivity (Wildman–Crippen MR) is 37.8 cm³/mol. The lowest BCUT2D eigenvalue weighted by Gasteiger charge is -2.12. The zero-order valence-corrected chi connectivity index (χ0v) is 5.79. The maximum absolute atomic E-state index is 5.35. The average molecular weight is 123 g/mol. The Kier molecular flexibility index (Phi) is 1.83. The third kappa shape index (κ3) is 1.84. The first kappa shape index (κ1) is 6.27. The molecule has 0 aliphatic carbocycles. The van der Waals surface area contributed by atoms with Gasteiger partial charge in [0.25, 0.3) is 0 Å². The van der Waals surface area contributed by atoms with Crippen LogP contribution in [0, 0.1) is 0 Å². The van der Waals surface area contributed by atoms with E-state index in [1.54, 1.807) is 0 Å². The average Bonchev–Trinajstić information content (AvgIpc) is 2.15. The van der Waals surface area contributed by atoms with Gasteiger partial charge < -0.3 is 4.74 Å². The van der Waals surface area contributed by atoms with Crippen molar-refractivity contribution in [2.75, 3.05) is 0 Å². The molecule has 0 N–H and O–H groups in total. The molecule has 0 heterocycles. The summed E-state index contributed by atoms with van der Waals surface area (Å²) in [6.45, 7) is 4.04. The van der Waals surface area contributed by atoms with Crippen LogP contribution >= 0.6 is 0 Å². The second kappa shape index (κ2) is 2.62. The van der Waals surface area contributed by atoms with Crippen molar-refractivity contribution in [3.8, 4) is 5.75 Å². The van der Waals surface area contributed by atoms with Crippen LogP contribution in [0.3, 0.4) is 0 Å². The van der Waals surface area contributed by atoms with E-state index >= 15 is 0 Å². The van der Waals surface area contributed by atoms with Gasteiger partial charge in [0, 0.05) is 0 Å². The lowest BCUT2D eigenvalue weighted by Crippen LogP contribution is -2.04. The van der Waals surface area contributed by atoms with Gasteiger partial charge >= 0.3 is 0 Å². The van der Waals surface area contributed by atoms with Crippen LogP contribution in [0.4, 0.5) is 0 Å². The molecule has 0 unspecified atom stereocenters. The van der Waals surface area contributed by atoms with E-state index in [0.717, 1.165) is 5.75 Å². The quantitative estimate of drug-likeness (QED) is 0.548. The highest BCUT2D eigenvalue weighted by Crippen LogP contribution is 2.11. The van der Waals surface area contributed by atoms with E-state index in [-0.39, 0.29) is 6.10 Å². The first-order valence-electron chi connectivity index (χ1n) is 3.17. The third-order valence-corrected chi connectivity index (χ3v) is 1.00. The molecule has 0 bridgehead atoms. The smallest absolute Gasteiger partial charge is 0.0752 e. The Morgan fingerprint density at radius 3 is 2.78 bits per heavy atom. The van der Waals surface area contributed by atoms with E-state index in [9.17, 15) is 0 Å². The summed E-state index contributed by atoms with van der Waals surface area (Å²) in [5, 5.41) is 0. The molecule has 0 aliphatic heterocycles. The Hall–Kier alpha value is -0.850. The topological polar surface area (TPSA) is 9.23 Å². The van der Waals surface area contributed by atoms with Crippen molar-refractivity contribution in [3.05, 3.63) is 24.3 Å². The van der Waals surface area contributed by atoms with Crippen LogP contribution in [0.2, 0.25) is 0 Å². The van der Waals surface area contributed by atoms with Gasteiger partial charge in [0.1, 0.15) is 0 Å². The molecule has 0 saturated heterocycles. The maximum atomic E-state index is 5.35. The Balaban J connectivity index is 2.48. The molecule has 0 amide bonds. The molecular formula is C8H11O-. The molecule has 50 valence electrons. The fourth-order valence-electron chi connectivity index (χ4n) is 0.707. The summed E-state index contributed by atoms with van der Waals surface area (Å²) in [5.74, 6) is 0.963. The van der Waals surface area contributed by atoms with E-state index in [4.69, 9.17) is 4.74 Å². The van der Waals surface area contributed by atoms with Gasteiger partial charge in [-0.05, 0) is 19.6 Å². The van der Waals surface area contributed by atoms with E-state index in [2.05, 4.69) is 0 Å². The molecule has 0 aromatic heterocycles. The van der Waals surface area contributed by atoms with Gasteiger partial charge in [-0.3, -0.25) is 0 Å². The highest BCUT2D eigenvalue weighted by Gasteiger charge is 1.86. The molecule has 9 heavy (non-hydrogen) atoms. The van der Waals surface area contributed by atoms with Crippen molar-refractivity contribution in [1.82, 2.24) is 0 Å². The number of rotatable bonds is 2. The van der Waals surface area contributed by atoms with Crippen molar-refractivity contribution >= 4 is 0 Å². The normalized spacial score (nSPS) is 10.1. The maximum Gasteiger partial charge on any atom is 0.0752 e. The second-order valence-corrected chi connectivity index (χ2v) is 2.29. The Bertz CT molecular complexity index is 151. The SMILES string of the molecule is CC(C)Oc1cc[cH-]c1.